The molecule has 1 aromatic rings. The van der Waals surface area contributed by atoms with Crippen LogP contribution in [0, 0.1) is 11.7 Å². The summed E-state index contributed by atoms with van der Waals surface area (Å²) in [5.74, 6) is 0.154. The van der Waals surface area contributed by atoms with Gasteiger partial charge in [-0.2, -0.15) is 0 Å². The Morgan fingerprint density at radius 3 is 2.59 bits per heavy atom. The quantitative estimate of drug-likeness (QED) is 0.847. The molecule has 1 rings (SSSR count). The van der Waals surface area contributed by atoms with E-state index in [1.54, 1.807) is 13.2 Å². The lowest BCUT2D eigenvalue weighted by Gasteiger charge is -2.21. The van der Waals surface area contributed by atoms with Crippen molar-refractivity contribution in [1.82, 2.24) is 5.32 Å². The van der Waals surface area contributed by atoms with Gasteiger partial charge in [-0.25, -0.2) is 4.39 Å². The number of hydrogen-bond acceptors (Lipinski definition) is 2. The molecule has 0 aliphatic carbocycles. The van der Waals surface area contributed by atoms with Crippen LogP contribution in [0.1, 0.15) is 19.4 Å². The minimum absolute atomic E-state index is 0.252. The zero-order valence-corrected chi connectivity index (χ0v) is 11.2. The fraction of sp³-hybridized carbons (Fsp3) is 0.538. The first-order valence-corrected chi connectivity index (χ1v) is 6.08. The van der Waals surface area contributed by atoms with Crippen LogP contribution in [-0.2, 0) is 11.3 Å². The minimum atomic E-state index is -0.304. The summed E-state index contributed by atoms with van der Waals surface area (Å²) in [4.78, 5) is 0. The maximum absolute atomic E-state index is 13.1. The van der Waals surface area contributed by atoms with Crippen LogP contribution in [0.5, 0.6) is 0 Å². The molecule has 0 radical (unpaired) electrons. The highest BCUT2D eigenvalue weighted by atomic mass is 35.5. The van der Waals surface area contributed by atoms with E-state index in [-0.39, 0.29) is 11.9 Å². The maximum Gasteiger partial charge on any atom is 0.125 e. The van der Waals surface area contributed by atoms with Gasteiger partial charge in [0.05, 0.1) is 6.61 Å². The van der Waals surface area contributed by atoms with Crippen LogP contribution in [0.2, 0.25) is 5.02 Å². The highest BCUT2D eigenvalue weighted by Gasteiger charge is 2.12. The average molecular weight is 260 g/mol. The van der Waals surface area contributed by atoms with E-state index in [0.29, 0.717) is 24.1 Å². The molecule has 0 aliphatic heterocycles. The van der Waals surface area contributed by atoms with E-state index in [4.69, 9.17) is 16.3 Å². The smallest absolute Gasteiger partial charge is 0.125 e. The molecule has 0 amide bonds. The Morgan fingerprint density at radius 1 is 1.35 bits per heavy atom. The van der Waals surface area contributed by atoms with Crippen LogP contribution in [-0.4, -0.2) is 19.8 Å². The number of benzene rings is 1. The molecule has 1 unspecified atom stereocenters. The number of nitrogens with one attached hydrogen (secondary N) is 1. The molecule has 1 atom stereocenters. The molecule has 0 heterocycles. The summed E-state index contributed by atoms with van der Waals surface area (Å²) in [5.41, 5.74) is 0.844. The van der Waals surface area contributed by atoms with Gasteiger partial charge in [0.15, 0.2) is 0 Å². The standard InChI is InChI=1S/C13H19ClFNO/c1-9(2)13(8-17-3)16-7-10-4-11(14)6-12(15)5-10/h4-6,9,13,16H,7-8H2,1-3H3. The van der Waals surface area contributed by atoms with Crippen molar-refractivity contribution in [2.75, 3.05) is 13.7 Å². The Bertz CT molecular complexity index is 337. The van der Waals surface area contributed by atoms with Gasteiger partial charge in [-0.3, -0.25) is 0 Å². The summed E-state index contributed by atoms with van der Waals surface area (Å²) >= 11 is 5.80. The average Bonchev–Trinajstić information content (AvgIpc) is 2.22. The van der Waals surface area contributed by atoms with Crippen molar-refractivity contribution >= 4 is 11.6 Å². The van der Waals surface area contributed by atoms with Crippen LogP contribution in [0.3, 0.4) is 0 Å². The third-order valence-electron chi connectivity index (χ3n) is 2.64. The molecule has 0 aromatic heterocycles. The molecular formula is C13H19ClFNO. The van der Waals surface area contributed by atoms with Gasteiger partial charge < -0.3 is 10.1 Å². The Morgan fingerprint density at radius 2 is 2.06 bits per heavy atom. The van der Waals surface area contributed by atoms with E-state index >= 15 is 0 Å². The fourth-order valence-corrected chi connectivity index (χ4v) is 1.87. The molecule has 0 fully saturated rings. The molecule has 0 bridgehead atoms. The van der Waals surface area contributed by atoms with Crippen molar-refractivity contribution < 1.29 is 9.13 Å². The molecule has 0 spiro atoms. The van der Waals surface area contributed by atoms with E-state index in [0.717, 1.165) is 5.56 Å². The molecule has 2 nitrogen and oxygen atoms in total. The molecule has 96 valence electrons. The second-order valence-corrected chi connectivity index (χ2v) is 4.90. The minimum Gasteiger partial charge on any atom is -0.383 e. The number of hydrogen-bond donors (Lipinski definition) is 1. The molecule has 0 aliphatic rings. The molecule has 17 heavy (non-hydrogen) atoms. The maximum atomic E-state index is 13.1. The molecule has 0 saturated carbocycles. The van der Waals surface area contributed by atoms with Crippen LogP contribution in [0.4, 0.5) is 4.39 Å². The van der Waals surface area contributed by atoms with Crippen LogP contribution >= 0.6 is 11.6 Å². The summed E-state index contributed by atoms with van der Waals surface area (Å²) in [5, 5.41) is 3.77. The topological polar surface area (TPSA) is 21.3 Å². The normalized spacial score (nSPS) is 13.1. The Balaban J connectivity index is 2.58. The summed E-state index contributed by atoms with van der Waals surface area (Å²) in [6, 6.07) is 4.81. The summed E-state index contributed by atoms with van der Waals surface area (Å²) < 4.78 is 18.3. The summed E-state index contributed by atoms with van der Waals surface area (Å²) in [6.45, 7) is 5.47. The van der Waals surface area contributed by atoms with Crippen molar-refractivity contribution in [1.29, 1.82) is 0 Å². The van der Waals surface area contributed by atoms with E-state index in [2.05, 4.69) is 19.2 Å². The number of halogens is 2. The van der Waals surface area contributed by atoms with Gasteiger partial charge in [0.25, 0.3) is 0 Å². The SMILES string of the molecule is COCC(NCc1cc(F)cc(Cl)c1)C(C)C. The van der Waals surface area contributed by atoms with E-state index in [1.165, 1.54) is 12.1 Å². The van der Waals surface area contributed by atoms with E-state index in [9.17, 15) is 4.39 Å². The first-order valence-electron chi connectivity index (χ1n) is 5.70. The first kappa shape index (κ1) is 14.4. The van der Waals surface area contributed by atoms with Crippen molar-refractivity contribution in [3.05, 3.63) is 34.6 Å². The van der Waals surface area contributed by atoms with Crippen LogP contribution in [0.25, 0.3) is 0 Å². The second-order valence-electron chi connectivity index (χ2n) is 4.46. The molecule has 1 aromatic carbocycles. The Labute approximate surface area is 107 Å². The zero-order valence-electron chi connectivity index (χ0n) is 10.5. The number of methoxy groups -OCH3 is 1. The largest absolute Gasteiger partial charge is 0.383 e. The van der Waals surface area contributed by atoms with Crippen LogP contribution in [0.15, 0.2) is 18.2 Å². The van der Waals surface area contributed by atoms with Crippen molar-refractivity contribution in [2.45, 2.75) is 26.4 Å². The fourth-order valence-electron chi connectivity index (χ4n) is 1.63. The third-order valence-corrected chi connectivity index (χ3v) is 2.86. The van der Waals surface area contributed by atoms with Crippen LogP contribution < -0.4 is 5.32 Å². The summed E-state index contributed by atoms with van der Waals surface area (Å²) in [7, 11) is 1.68. The van der Waals surface area contributed by atoms with Crippen molar-refractivity contribution in [3.63, 3.8) is 0 Å². The summed E-state index contributed by atoms with van der Waals surface area (Å²) in [6.07, 6.45) is 0. The van der Waals surface area contributed by atoms with E-state index < -0.39 is 0 Å². The van der Waals surface area contributed by atoms with Gasteiger partial charge in [-0.15, -0.1) is 0 Å². The monoisotopic (exact) mass is 259 g/mol. The first-order chi connectivity index (χ1) is 8.02. The number of ether oxygens (including phenoxy) is 1. The predicted molar refractivity (Wildman–Crippen MR) is 68.8 cm³/mol. The molecule has 1 N–H and O–H groups in total. The van der Waals surface area contributed by atoms with Gasteiger partial charge in [0.1, 0.15) is 5.82 Å². The van der Waals surface area contributed by atoms with Crippen molar-refractivity contribution in [2.24, 2.45) is 5.92 Å². The van der Waals surface area contributed by atoms with Gasteiger partial charge >= 0.3 is 0 Å². The van der Waals surface area contributed by atoms with Gasteiger partial charge in [0, 0.05) is 24.7 Å². The highest BCUT2D eigenvalue weighted by Crippen LogP contribution is 2.14. The molecular weight excluding hydrogens is 241 g/mol. The van der Waals surface area contributed by atoms with Crippen molar-refractivity contribution in [3.8, 4) is 0 Å². The lowest BCUT2D eigenvalue weighted by atomic mass is 10.0. The highest BCUT2D eigenvalue weighted by molar-refractivity contribution is 6.30. The van der Waals surface area contributed by atoms with Gasteiger partial charge in [0.2, 0.25) is 0 Å². The Kier molecular flexibility index (Phi) is 5.89. The van der Waals surface area contributed by atoms with E-state index in [1.807, 2.05) is 0 Å². The predicted octanol–water partition coefficient (Wildman–Crippen LogP) is 3.24. The molecule has 0 saturated heterocycles. The lowest BCUT2D eigenvalue weighted by Crippen LogP contribution is -2.37. The second kappa shape index (κ2) is 6.94. The number of rotatable bonds is 6. The zero-order chi connectivity index (χ0) is 12.8. The Hall–Kier alpha value is -0.640. The lowest BCUT2D eigenvalue weighted by molar-refractivity contribution is 0.146. The van der Waals surface area contributed by atoms with Gasteiger partial charge in [-0.05, 0) is 29.7 Å². The molecule has 4 heteroatoms. The third kappa shape index (κ3) is 5.02. The van der Waals surface area contributed by atoms with Gasteiger partial charge in [-0.1, -0.05) is 25.4 Å².